The number of aromatic nitrogens is 2. The predicted octanol–water partition coefficient (Wildman–Crippen LogP) is 2.85. The van der Waals surface area contributed by atoms with Gasteiger partial charge in [0.2, 0.25) is 5.91 Å². The molecule has 2 rings (SSSR count). The molecular formula is C18H22N4O7S. The lowest BCUT2D eigenvalue weighted by atomic mass is 10.1. The van der Waals surface area contributed by atoms with Gasteiger partial charge in [-0.15, -0.1) is 11.3 Å². The lowest BCUT2D eigenvalue weighted by Gasteiger charge is -2.08. The molecule has 0 aliphatic carbocycles. The molecule has 0 bridgehead atoms. The van der Waals surface area contributed by atoms with Crippen molar-refractivity contribution in [3.05, 3.63) is 38.0 Å². The van der Waals surface area contributed by atoms with Crippen LogP contribution in [0.2, 0.25) is 0 Å². The van der Waals surface area contributed by atoms with Crippen LogP contribution in [0.4, 0.5) is 10.7 Å². The Morgan fingerprint density at radius 1 is 1.20 bits per heavy atom. The maximum atomic E-state index is 12.4. The van der Waals surface area contributed by atoms with Gasteiger partial charge in [0.05, 0.1) is 30.2 Å². The van der Waals surface area contributed by atoms with Gasteiger partial charge in [0.15, 0.2) is 0 Å². The van der Waals surface area contributed by atoms with Crippen LogP contribution >= 0.6 is 11.3 Å². The van der Waals surface area contributed by atoms with Gasteiger partial charge in [0.1, 0.15) is 21.8 Å². The number of rotatable bonds is 9. The number of hydrogen-bond acceptors (Lipinski definition) is 9. The van der Waals surface area contributed by atoms with Crippen molar-refractivity contribution in [2.75, 3.05) is 18.5 Å². The number of nitrogens with zero attached hydrogens (tertiary/aromatic N) is 3. The normalized spacial score (nSPS) is 10.5. The summed E-state index contributed by atoms with van der Waals surface area (Å²) in [6.45, 7) is 6.84. The Balaban J connectivity index is 2.20. The van der Waals surface area contributed by atoms with Gasteiger partial charge in [-0.1, -0.05) is 0 Å². The number of nitrogens with one attached hydrogen (secondary N) is 1. The van der Waals surface area contributed by atoms with Crippen LogP contribution < -0.4 is 5.32 Å². The number of hydrogen-bond donors (Lipinski definition) is 1. The van der Waals surface area contributed by atoms with E-state index in [-0.39, 0.29) is 47.3 Å². The average molecular weight is 438 g/mol. The first kappa shape index (κ1) is 23.0. The highest BCUT2D eigenvalue weighted by atomic mass is 32.1. The van der Waals surface area contributed by atoms with Gasteiger partial charge in [0, 0.05) is 6.42 Å². The van der Waals surface area contributed by atoms with Crippen molar-refractivity contribution in [2.24, 2.45) is 0 Å². The second-order valence-corrected chi connectivity index (χ2v) is 7.12. The Morgan fingerprint density at radius 2 is 1.83 bits per heavy atom. The number of carbonyl (C=O) groups excluding carboxylic acids is 3. The Labute approximate surface area is 176 Å². The third-order valence-electron chi connectivity index (χ3n) is 4.16. The molecule has 0 fully saturated rings. The van der Waals surface area contributed by atoms with E-state index in [0.717, 1.165) is 17.5 Å². The van der Waals surface area contributed by atoms with Crippen molar-refractivity contribution < 1.29 is 28.8 Å². The summed E-state index contributed by atoms with van der Waals surface area (Å²) in [5.41, 5.74) is 0.666. The number of ether oxygens (including phenoxy) is 2. The molecule has 0 saturated heterocycles. The molecule has 0 saturated carbocycles. The van der Waals surface area contributed by atoms with Crippen molar-refractivity contribution >= 4 is 39.9 Å². The van der Waals surface area contributed by atoms with Crippen LogP contribution in [-0.4, -0.2) is 45.8 Å². The van der Waals surface area contributed by atoms with Gasteiger partial charge in [-0.3, -0.25) is 19.6 Å². The largest absolute Gasteiger partial charge is 0.462 e. The summed E-state index contributed by atoms with van der Waals surface area (Å²) in [5, 5.41) is 17.6. The number of amides is 1. The summed E-state index contributed by atoms with van der Waals surface area (Å²) >= 11 is 0.930. The van der Waals surface area contributed by atoms with Crippen molar-refractivity contribution in [1.82, 2.24) is 9.78 Å². The van der Waals surface area contributed by atoms with E-state index >= 15 is 0 Å². The predicted molar refractivity (Wildman–Crippen MR) is 108 cm³/mol. The molecule has 2 heterocycles. The Bertz CT molecular complexity index is 980. The summed E-state index contributed by atoms with van der Waals surface area (Å²) in [6, 6.07) is 0. The van der Waals surface area contributed by atoms with Crippen LogP contribution in [-0.2, 0) is 20.8 Å². The molecule has 0 aliphatic rings. The van der Waals surface area contributed by atoms with Crippen molar-refractivity contribution in [2.45, 2.75) is 40.7 Å². The SMILES string of the molecule is CCOC(=O)c1sc(NC(=O)CCn2ncc([N+](=O)[O-])c2C)c(C(=O)OCC)c1C. The molecule has 2 aromatic heterocycles. The van der Waals surface area contributed by atoms with E-state index in [4.69, 9.17) is 9.47 Å². The fraction of sp³-hybridized carbons (Fsp3) is 0.444. The number of aryl methyl sites for hydroxylation is 1. The first-order valence-electron chi connectivity index (χ1n) is 9.15. The van der Waals surface area contributed by atoms with Crippen LogP contribution in [0.15, 0.2) is 6.20 Å². The average Bonchev–Trinajstić information content (AvgIpc) is 3.20. The number of esters is 2. The van der Waals surface area contributed by atoms with Gasteiger partial charge in [-0.05, 0) is 33.3 Å². The number of anilines is 1. The van der Waals surface area contributed by atoms with E-state index < -0.39 is 22.8 Å². The maximum absolute atomic E-state index is 12.4. The highest BCUT2D eigenvalue weighted by Gasteiger charge is 2.27. The van der Waals surface area contributed by atoms with E-state index in [9.17, 15) is 24.5 Å². The first-order chi connectivity index (χ1) is 14.2. The lowest BCUT2D eigenvalue weighted by Crippen LogP contribution is -2.17. The highest BCUT2D eigenvalue weighted by Crippen LogP contribution is 2.34. The van der Waals surface area contributed by atoms with Crippen LogP contribution in [0.5, 0.6) is 0 Å². The standard InChI is InChI=1S/C18H22N4O7S/c1-5-28-17(24)14-10(3)15(18(25)29-6-2)30-16(14)20-13(23)7-8-21-11(4)12(9-19-21)22(26)27/h9H,5-8H2,1-4H3,(H,20,23). The zero-order valence-electron chi connectivity index (χ0n) is 17.0. The van der Waals surface area contributed by atoms with Crippen LogP contribution in [0, 0.1) is 24.0 Å². The zero-order valence-corrected chi connectivity index (χ0v) is 17.8. The van der Waals surface area contributed by atoms with Crippen molar-refractivity contribution in [1.29, 1.82) is 0 Å². The third-order valence-corrected chi connectivity index (χ3v) is 5.35. The molecular weight excluding hydrogens is 416 g/mol. The summed E-state index contributed by atoms with van der Waals surface area (Å²) in [7, 11) is 0. The molecule has 162 valence electrons. The van der Waals surface area contributed by atoms with E-state index in [1.54, 1.807) is 20.8 Å². The van der Waals surface area contributed by atoms with Crippen molar-refractivity contribution in [3.8, 4) is 0 Å². The number of thiophene rings is 1. The first-order valence-corrected chi connectivity index (χ1v) is 9.97. The van der Waals surface area contributed by atoms with Crippen LogP contribution in [0.1, 0.15) is 51.6 Å². The zero-order chi connectivity index (χ0) is 22.4. The highest BCUT2D eigenvalue weighted by molar-refractivity contribution is 7.18. The molecule has 1 amide bonds. The summed E-state index contributed by atoms with van der Waals surface area (Å²) in [6.07, 6.45) is 1.08. The van der Waals surface area contributed by atoms with E-state index in [0.29, 0.717) is 11.3 Å². The second-order valence-electron chi connectivity index (χ2n) is 6.09. The minimum absolute atomic E-state index is 0.0480. The Kier molecular flexibility index (Phi) is 7.64. The molecule has 11 nitrogen and oxygen atoms in total. The fourth-order valence-electron chi connectivity index (χ4n) is 2.68. The molecule has 0 aromatic carbocycles. The van der Waals surface area contributed by atoms with Gasteiger partial charge in [-0.25, -0.2) is 9.59 Å². The molecule has 12 heteroatoms. The molecule has 30 heavy (non-hydrogen) atoms. The minimum atomic E-state index is -0.657. The summed E-state index contributed by atoms with van der Waals surface area (Å²) < 4.78 is 11.4. The molecule has 0 unspecified atom stereocenters. The molecule has 0 spiro atoms. The third kappa shape index (κ3) is 5.00. The lowest BCUT2D eigenvalue weighted by molar-refractivity contribution is -0.385. The Hall–Kier alpha value is -3.28. The van der Waals surface area contributed by atoms with E-state index in [1.165, 1.54) is 11.6 Å². The van der Waals surface area contributed by atoms with Crippen LogP contribution in [0.3, 0.4) is 0 Å². The van der Waals surface area contributed by atoms with Crippen molar-refractivity contribution in [3.63, 3.8) is 0 Å². The smallest absolute Gasteiger partial charge is 0.348 e. The quantitative estimate of drug-likeness (QED) is 0.358. The van der Waals surface area contributed by atoms with E-state index in [1.807, 2.05) is 0 Å². The fourth-order valence-corrected chi connectivity index (χ4v) is 3.78. The van der Waals surface area contributed by atoms with Gasteiger partial charge in [-0.2, -0.15) is 5.10 Å². The number of nitro groups is 1. The van der Waals surface area contributed by atoms with Gasteiger partial charge < -0.3 is 14.8 Å². The maximum Gasteiger partial charge on any atom is 0.348 e. The molecule has 0 atom stereocenters. The van der Waals surface area contributed by atoms with E-state index in [2.05, 4.69) is 10.4 Å². The topological polar surface area (TPSA) is 143 Å². The molecule has 0 radical (unpaired) electrons. The van der Waals surface area contributed by atoms with Crippen LogP contribution in [0.25, 0.3) is 0 Å². The number of carbonyl (C=O) groups is 3. The molecule has 1 N–H and O–H groups in total. The minimum Gasteiger partial charge on any atom is -0.462 e. The summed E-state index contributed by atoms with van der Waals surface area (Å²) in [5.74, 6) is -1.70. The summed E-state index contributed by atoms with van der Waals surface area (Å²) in [4.78, 5) is 47.5. The molecule has 2 aromatic rings. The second kappa shape index (κ2) is 9.96. The Morgan fingerprint density at radius 3 is 2.40 bits per heavy atom. The molecule has 0 aliphatic heterocycles. The van der Waals surface area contributed by atoms with Gasteiger partial charge in [0.25, 0.3) is 0 Å². The van der Waals surface area contributed by atoms with Gasteiger partial charge >= 0.3 is 17.6 Å². The monoisotopic (exact) mass is 438 g/mol.